The molecule has 3 aromatic carbocycles. The van der Waals surface area contributed by atoms with Gasteiger partial charge in [0.25, 0.3) is 11.8 Å². The van der Waals surface area contributed by atoms with Gasteiger partial charge >= 0.3 is 0 Å². The number of rotatable bonds is 14. The molecule has 0 atom stereocenters. The maximum absolute atomic E-state index is 13.3. The van der Waals surface area contributed by atoms with E-state index in [1.165, 1.54) is 25.5 Å². The highest BCUT2D eigenvalue weighted by molar-refractivity contribution is 7.98. The first-order valence-corrected chi connectivity index (χ1v) is 15.3. The number of aliphatic hydroxyl groups excluding tert-OH is 1. The number of hydrazone groups is 1. The topological polar surface area (TPSA) is 112 Å². The van der Waals surface area contributed by atoms with Gasteiger partial charge in [0, 0.05) is 23.6 Å². The first kappa shape index (κ1) is 31.1. The number of nitrogens with zero attached hydrogens (tertiary/aromatic N) is 2. The molecule has 0 unspecified atom stereocenters. The van der Waals surface area contributed by atoms with Crippen LogP contribution in [0.25, 0.3) is 0 Å². The molecule has 10 heteroatoms. The van der Waals surface area contributed by atoms with E-state index in [4.69, 9.17) is 14.6 Å². The number of piperidine rings is 1. The Morgan fingerprint density at radius 1 is 1.00 bits per heavy atom. The van der Waals surface area contributed by atoms with Gasteiger partial charge in [0.1, 0.15) is 18.1 Å². The zero-order chi connectivity index (χ0) is 29.6. The first-order valence-electron chi connectivity index (χ1n) is 14.1. The maximum Gasteiger partial charge on any atom is 0.273 e. The molecule has 42 heavy (non-hydrogen) atoms. The van der Waals surface area contributed by atoms with E-state index in [0.717, 1.165) is 36.5 Å². The van der Waals surface area contributed by atoms with Gasteiger partial charge in [-0.1, -0.05) is 18.6 Å². The molecule has 0 saturated carbocycles. The lowest BCUT2D eigenvalue weighted by atomic mass is 10.1. The summed E-state index contributed by atoms with van der Waals surface area (Å²) in [5.74, 6) is 1.76. The summed E-state index contributed by atoms with van der Waals surface area (Å²) >= 11 is 1.59. The fourth-order valence-electron chi connectivity index (χ4n) is 4.55. The lowest BCUT2D eigenvalue weighted by Gasteiger charge is -2.26. The average molecular weight is 591 g/mol. The Bertz CT molecular complexity index is 1340. The Labute approximate surface area is 251 Å². The molecule has 0 bridgehead atoms. The zero-order valence-electron chi connectivity index (χ0n) is 23.9. The van der Waals surface area contributed by atoms with E-state index >= 15 is 0 Å². The maximum atomic E-state index is 13.3. The number of ether oxygens (including phenoxy) is 2. The average Bonchev–Trinajstić information content (AvgIpc) is 3.02. The molecule has 1 heterocycles. The third-order valence-corrected chi connectivity index (χ3v) is 7.81. The number of carbonyl (C=O) groups excluding carboxylic acids is 2. The normalized spacial score (nSPS) is 13.6. The van der Waals surface area contributed by atoms with Crippen LogP contribution in [-0.2, 0) is 5.75 Å². The van der Waals surface area contributed by atoms with Crippen molar-refractivity contribution < 1.29 is 24.2 Å². The van der Waals surface area contributed by atoms with Gasteiger partial charge in [0.05, 0.1) is 31.2 Å². The predicted octanol–water partition coefficient (Wildman–Crippen LogP) is 4.80. The van der Waals surface area contributed by atoms with Crippen LogP contribution in [0.2, 0.25) is 0 Å². The third-order valence-electron chi connectivity index (χ3n) is 6.80. The monoisotopic (exact) mass is 590 g/mol. The van der Waals surface area contributed by atoms with Crippen LogP contribution in [0.4, 0.5) is 5.69 Å². The second kappa shape index (κ2) is 16.5. The summed E-state index contributed by atoms with van der Waals surface area (Å²) in [4.78, 5) is 28.8. The van der Waals surface area contributed by atoms with Gasteiger partial charge in [0.15, 0.2) is 0 Å². The van der Waals surface area contributed by atoms with Crippen molar-refractivity contribution in [1.82, 2.24) is 10.3 Å². The van der Waals surface area contributed by atoms with Crippen molar-refractivity contribution >= 4 is 35.5 Å². The van der Waals surface area contributed by atoms with Crippen LogP contribution in [0, 0.1) is 0 Å². The van der Waals surface area contributed by atoms with Gasteiger partial charge in [-0.2, -0.15) is 16.9 Å². The number of hydrogen-bond acceptors (Lipinski definition) is 8. The van der Waals surface area contributed by atoms with Gasteiger partial charge in [-0.05, 0) is 91.7 Å². The minimum Gasteiger partial charge on any atom is -0.497 e. The fourth-order valence-corrected chi connectivity index (χ4v) is 5.24. The molecule has 9 nitrogen and oxygen atoms in total. The standard InChI is InChI=1S/C32H38N4O5S/c1-40-27-10-8-24(9-11-27)22-33-35-32(39)29-21-28(41-18-16-36-14-3-2-4-15-36)12-13-30(29)34-31(38)26-7-5-6-25(20-26)23-42-19-17-37/h5-13,20-22,37H,2-4,14-19,23H2,1H3,(H,34,38)(H,35,39). The molecular formula is C32H38N4O5S. The van der Waals surface area contributed by atoms with Crippen molar-refractivity contribution in [2.75, 3.05) is 51.0 Å². The van der Waals surface area contributed by atoms with Crippen molar-refractivity contribution in [3.05, 3.63) is 89.0 Å². The number of benzene rings is 3. The van der Waals surface area contributed by atoms with Crippen molar-refractivity contribution in [3.63, 3.8) is 0 Å². The van der Waals surface area contributed by atoms with E-state index in [1.807, 2.05) is 42.5 Å². The van der Waals surface area contributed by atoms with Crippen molar-refractivity contribution in [2.45, 2.75) is 25.0 Å². The number of thioether (sulfide) groups is 1. The molecule has 0 aromatic heterocycles. The fraction of sp³-hybridized carbons (Fsp3) is 0.344. The van der Waals surface area contributed by atoms with Crippen LogP contribution in [0.1, 0.15) is 51.1 Å². The van der Waals surface area contributed by atoms with E-state index in [2.05, 4.69) is 20.7 Å². The van der Waals surface area contributed by atoms with Crippen molar-refractivity contribution in [1.29, 1.82) is 0 Å². The van der Waals surface area contributed by atoms with E-state index < -0.39 is 5.91 Å². The molecule has 1 saturated heterocycles. The molecule has 4 rings (SSSR count). The molecule has 222 valence electrons. The molecule has 0 spiro atoms. The first-order chi connectivity index (χ1) is 20.6. The SMILES string of the molecule is COc1ccc(C=NNC(=O)c2cc(OCCN3CCCCC3)ccc2NC(=O)c2cccc(CSCCO)c2)cc1. The number of carbonyl (C=O) groups is 2. The number of methoxy groups -OCH3 is 1. The summed E-state index contributed by atoms with van der Waals surface area (Å²) in [6.45, 7) is 3.59. The second-order valence-corrected chi connectivity index (χ2v) is 11.0. The van der Waals surface area contributed by atoms with Crippen molar-refractivity contribution in [2.24, 2.45) is 5.10 Å². The number of aliphatic hydroxyl groups is 1. The van der Waals surface area contributed by atoms with E-state index in [9.17, 15) is 9.59 Å². The minimum atomic E-state index is -0.481. The van der Waals surface area contributed by atoms with Crippen LogP contribution in [-0.4, -0.2) is 73.7 Å². The predicted molar refractivity (Wildman–Crippen MR) is 168 cm³/mol. The van der Waals surface area contributed by atoms with Crippen LogP contribution < -0.4 is 20.2 Å². The van der Waals surface area contributed by atoms with Crippen LogP contribution in [0.15, 0.2) is 71.8 Å². The molecule has 0 aliphatic carbocycles. The summed E-state index contributed by atoms with van der Waals surface area (Å²) in [6.07, 6.45) is 5.23. The summed E-state index contributed by atoms with van der Waals surface area (Å²) in [7, 11) is 1.60. The number of anilines is 1. The number of hydrogen-bond donors (Lipinski definition) is 3. The summed E-state index contributed by atoms with van der Waals surface area (Å²) in [5, 5.41) is 16.0. The third kappa shape index (κ3) is 9.61. The molecule has 1 fully saturated rings. The molecule has 0 radical (unpaired) electrons. The van der Waals surface area contributed by atoms with E-state index in [0.29, 0.717) is 35.1 Å². The highest BCUT2D eigenvalue weighted by Crippen LogP contribution is 2.24. The summed E-state index contributed by atoms with van der Waals surface area (Å²) in [5.41, 5.74) is 5.39. The lowest BCUT2D eigenvalue weighted by Crippen LogP contribution is -2.33. The molecular weight excluding hydrogens is 552 g/mol. The van der Waals surface area contributed by atoms with Crippen molar-refractivity contribution in [3.8, 4) is 11.5 Å². The molecule has 1 aliphatic rings. The van der Waals surface area contributed by atoms with Gasteiger partial charge in [0.2, 0.25) is 0 Å². The number of likely N-dealkylation sites (tertiary alicyclic amines) is 1. The summed E-state index contributed by atoms with van der Waals surface area (Å²) in [6, 6.07) is 19.6. The number of nitrogens with one attached hydrogen (secondary N) is 2. The van der Waals surface area contributed by atoms with Crippen LogP contribution >= 0.6 is 11.8 Å². The molecule has 2 amide bonds. The summed E-state index contributed by atoms with van der Waals surface area (Å²) < 4.78 is 11.2. The number of amides is 2. The van der Waals surface area contributed by atoms with Crippen LogP contribution in [0.3, 0.4) is 0 Å². The minimum absolute atomic E-state index is 0.109. The van der Waals surface area contributed by atoms with Crippen LogP contribution in [0.5, 0.6) is 11.5 Å². The van der Waals surface area contributed by atoms with Gasteiger partial charge in [-0.25, -0.2) is 5.43 Å². The quantitative estimate of drug-likeness (QED) is 0.140. The molecule has 3 aromatic rings. The Hall–Kier alpha value is -3.86. The Morgan fingerprint density at radius 2 is 1.79 bits per heavy atom. The van der Waals surface area contributed by atoms with E-state index in [-0.39, 0.29) is 18.1 Å². The largest absolute Gasteiger partial charge is 0.497 e. The second-order valence-electron chi connectivity index (χ2n) is 9.86. The van der Waals surface area contributed by atoms with Gasteiger partial charge in [-0.3, -0.25) is 14.5 Å². The highest BCUT2D eigenvalue weighted by atomic mass is 32.2. The Balaban J connectivity index is 1.47. The van der Waals surface area contributed by atoms with Gasteiger partial charge in [-0.15, -0.1) is 0 Å². The zero-order valence-corrected chi connectivity index (χ0v) is 24.7. The lowest BCUT2D eigenvalue weighted by molar-refractivity contribution is 0.0955. The molecule has 3 N–H and O–H groups in total. The molecule has 1 aliphatic heterocycles. The van der Waals surface area contributed by atoms with Gasteiger partial charge < -0.3 is 19.9 Å². The Morgan fingerprint density at radius 3 is 2.55 bits per heavy atom. The van der Waals surface area contributed by atoms with E-state index in [1.54, 1.807) is 43.1 Å². The smallest absolute Gasteiger partial charge is 0.273 e. The highest BCUT2D eigenvalue weighted by Gasteiger charge is 2.17. The Kier molecular flexibility index (Phi) is 12.2.